The van der Waals surface area contributed by atoms with Crippen molar-refractivity contribution >= 4 is 23.4 Å². The van der Waals surface area contributed by atoms with Gasteiger partial charge in [0.15, 0.2) is 0 Å². The number of nitriles is 1. The summed E-state index contributed by atoms with van der Waals surface area (Å²) in [7, 11) is 3.13. The van der Waals surface area contributed by atoms with Gasteiger partial charge < -0.3 is 14.8 Å². The molecule has 29 heavy (non-hydrogen) atoms. The maximum absolute atomic E-state index is 13.0. The lowest BCUT2D eigenvalue weighted by Crippen LogP contribution is -2.25. The smallest absolute Gasteiger partial charge is 0.238 e. The standard InChI is InChI=1S/C22H25N3O3S/c1-4-20(21(26)24-18-12-16(27-2)9-10-19(18)28-3)29-22-15(13-23)11-14-7-5-6-8-17(14)25-22/h9-12,20H,4-8H2,1-3H3,(H,24,26). The second-order valence-electron chi connectivity index (χ2n) is 6.84. The van der Waals surface area contributed by atoms with Crippen LogP contribution in [0.4, 0.5) is 5.69 Å². The van der Waals surface area contributed by atoms with E-state index in [4.69, 9.17) is 14.5 Å². The van der Waals surface area contributed by atoms with E-state index in [2.05, 4.69) is 11.4 Å². The van der Waals surface area contributed by atoms with Crippen LogP contribution in [-0.2, 0) is 17.6 Å². The van der Waals surface area contributed by atoms with Gasteiger partial charge in [-0.2, -0.15) is 5.26 Å². The largest absolute Gasteiger partial charge is 0.497 e. The number of carbonyl (C=O) groups excluding carboxylic acids is 1. The molecule has 1 heterocycles. The molecule has 7 heteroatoms. The molecule has 1 N–H and O–H groups in total. The SMILES string of the molecule is CCC(Sc1nc2c(cc1C#N)CCCC2)C(=O)Nc1cc(OC)ccc1OC. The zero-order valence-electron chi connectivity index (χ0n) is 16.9. The van der Waals surface area contributed by atoms with Crippen molar-refractivity contribution in [3.8, 4) is 17.6 Å². The molecule has 1 unspecified atom stereocenters. The molecule has 1 aromatic heterocycles. The summed E-state index contributed by atoms with van der Waals surface area (Å²) in [5.74, 6) is 1.03. The molecule has 152 valence electrons. The van der Waals surface area contributed by atoms with Crippen molar-refractivity contribution in [1.82, 2.24) is 4.98 Å². The van der Waals surface area contributed by atoms with Gasteiger partial charge in [0.05, 0.1) is 30.7 Å². The number of fused-ring (bicyclic) bond motifs is 1. The number of anilines is 1. The molecule has 2 aromatic rings. The third-order valence-corrected chi connectivity index (χ3v) is 6.33. The first-order valence-electron chi connectivity index (χ1n) is 9.72. The highest BCUT2D eigenvalue weighted by Gasteiger charge is 2.23. The number of rotatable bonds is 7. The Morgan fingerprint density at radius 3 is 2.76 bits per heavy atom. The number of pyridine rings is 1. The Kier molecular flexibility index (Phi) is 6.99. The third-order valence-electron chi connectivity index (χ3n) is 4.97. The molecule has 1 aliphatic rings. The minimum atomic E-state index is -0.382. The van der Waals surface area contributed by atoms with Gasteiger partial charge in [-0.1, -0.05) is 18.7 Å². The van der Waals surface area contributed by atoms with E-state index >= 15 is 0 Å². The fourth-order valence-corrected chi connectivity index (χ4v) is 4.36. The molecule has 0 fully saturated rings. The summed E-state index contributed by atoms with van der Waals surface area (Å²) in [6, 6.07) is 9.44. The molecule has 3 rings (SSSR count). The topological polar surface area (TPSA) is 84.2 Å². The van der Waals surface area contributed by atoms with E-state index in [1.807, 2.05) is 13.0 Å². The highest BCUT2D eigenvalue weighted by atomic mass is 32.2. The number of benzene rings is 1. The number of nitrogens with zero attached hydrogens (tertiary/aromatic N) is 2. The first kappa shape index (κ1) is 21.0. The highest BCUT2D eigenvalue weighted by molar-refractivity contribution is 8.00. The molecule has 1 aliphatic carbocycles. The van der Waals surface area contributed by atoms with Crippen LogP contribution in [0.15, 0.2) is 29.3 Å². The third kappa shape index (κ3) is 4.83. The molecule has 1 atom stereocenters. The van der Waals surface area contributed by atoms with Crippen molar-refractivity contribution in [1.29, 1.82) is 5.26 Å². The van der Waals surface area contributed by atoms with Crippen LogP contribution < -0.4 is 14.8 Å². The summed E-state index contributed by atoms with van der Waals surface area (Å²) in [5, 5.41) is 12.8. The quantitative estimate of drug-likeness (QED) is 0.682. The molecule has 0 radical (unpaired) electrons. The van der Waals surface area contributed by atoms with E-state index < -0.39 is 0 Å². The van der Waals surface area contributed by atoms with Gasteiger partial charge in [0.1, 0.15) is 22.6 Å². The summed E-state index contributed by atoms with van der Waals surface area (Å²) in [5.41, 5.74) is 3.31. The predicted octanol–water partition coefficient (Wildman–Crippen LogP) is 4.36. The molecule has 1 aromatic carbocycles. The Morgan fingerprint density at radius 1 is 1.28 bits per heavy atom. The summed E-state index contributed by atoms with van der Waals surface area (Å²) >= 11 is 1.35. The molecule has 1 amide bonds. The van der Waals surface area contributed by atoms with E-state index in [9.17, 15) is 10.1 Å². The Labute approximate surface area is 175 Å². The van der Waals surface area contributed by atoms with E-state index in [0.29, 0.717) is 34.2 Å². The molecule has 0 saturated carbocycles. The zero-order valence-corrected chi connectivity index (χ0v) is 17.8. The van der Waals surface area contributed by atoms with E-state index in [0.717, 1.165) is 36.9 Å². The van der Waals surface area contributed by atoms with Gasteiger partial charge in [-0.3, -0.25) is 4.79 Å². The van der Waals surface area contributed by atoms with Crippen molar-refractivity contribution in [2.45, 2.75) is 49.3 Å². The lowest BCUT2D eigenvalue weighted by atomic mass is 9.95. The van der Waals surface area contributed by atoms with Crippen LogP contribution in [0.1, 0.15) is 43.0 Å². The molecule has 0 saturated heterocycles. The van der Waals surface area contributed by atoms with Gasteiger partial charge in [-0.15, -0.1) is 0 Å². The van der Waals surface area contributed by atoms with E-state index in [-0.39, 0.29) is 11.2 Å². The van der Waals surface area contributed by atoms with Crippen LogP contribution in [0.2, 0.25) is 0 Å². The summed E-state index contributed by atoms with van der Waals surface area (Å²) in [6.07, 6.45) is 4.75. The van der Waals surface area contributed by atoms with E-state index in [1.54, 1.807) is 32.4 Å². The second-order valence-corrected chi connectivity index (χ2v) is 8.03. The second kappa shape index (κ2) is 9.66. The Hall–Kier alpha value is -2.72. The Balaban J connectivity index is 1.82. The molecular formula is C22H25N3O3S. The summed E-state index contributed by atoms with van der Waals surface area (Å²) < 4.78 is 10.6. The fourth-order valence-electron chi connectivity index (χ4n) is 3.37. The van der Waals surface area contributed by atoms with E-state index in [1.165, 1.54) is 11.8 Å². The first-order valence-corrected chi connectivity index (χ1v) is 10.6. The number of ether oxygens (including phenoxy) is 2. The van der Waals surface area contributed by atoms with Crippen LogP contribution in [0.3, 0.4) is 0 Å². The number of hydrogen-bond acceptors (Lipinski definition) is 6. The van der Waals surface area contributed by atoms with Gasteiger partial charge >= 0.3 is 0 Å². The van der Waals surface area contributed by atoms with Crippen LogP contribution >= 0.6 is 11.8 Å². The summed E-state index contributed by atoms with van der Waals surface area (Å²) in [4.78, 5) is 17.7. The van der Waals surface area contributed by atoms with Crippen LogP contribution in [0.5, 0.6) is 11.5 Å². The van der Waals surface area contributed by atoms with Crippen molar-refractivity contribution in [3.63, 3.8) is 0 Å². The Morgan fingerprint density at radius 2 is 2.07 bits per heavy atom. The van der Waals surface area contributed by atoms with Gasteiger partial charge in [-0.25, -0.2) is 4.98 Å². The fraction of sp³-hybridized carbons (Fsp3) is 0.409. The molecule has 6 nitrogen and oxygen atoms in total. The van der Waals surface area contributed by atoms with Gasteiger partial charge in [0.25, 0.3) is 0 Å². The van der Waals surface area contributed by atoms with Crippen molar-refractivity contribution in [3.05, 3.63) is 41.1 Å². The number of amides is 1. The number of hydrogen-bond donors (Lipinski definition) is 1. The van der Waals surface area contributed by atoms with Crippen molar-refractivity contribution in [2.24, 2.45) is 0 Å². The predicted molar refractivity (Wildman–Crippen MR) is 114 cm³/mol. The molecular weight excluding hydrogens is 386 g/mol. The lowest BCUT2D eigenvalue weighted by Gasteiger charge is -2.19. The van der Waals surface area contributed by atoms with Crippen LogP contribution in [0.25, 0.3) is 0 Å². The van der Waals surface area contributed by atoms with Gasteiger partial charge in [0, 0.05) is 11.8 Å². The Bertz CT molecular complexity index is 940. The number of aryl methyl sites for hydroxylation is 2. The normalized spacial score (nSPS) is 13.7. The average Bonchev–Trinajstić information content (AvgIpc) is 2.76. The van der Waals surface area contributed by atoms with Crippen LogP contribution in [0, 0.1) is 11.3 Å². The van der Waals surface area contributed by atoms with Crippen LogP contribution in [-0.4, -0.2) is 30.4 Å². The first-order chi connectivity index (χ1) is 14.1. The maximum atomic E-state index is 13.0. The number of nitrogens with one attached hydrogen (secondary N) is 1. The zero-order chi connectivity index (χ0) is 20.8. The minimum absolute atomic E-state index is 0.160. The van der Waals surface area contributed by atoms with Crippen molar-refractivity contribution < 1.29 is 14.3 Å². The molecule has 0 bridgehead atoms. The number of methoxy groups -OCH3 is 2. The monoisotopic (exact) mass is 411 g/mol. The minimum Gasteiger partial charge on any atom is -0.497 e. The maximum Gasteiger partial charge on any atom is 0.238 e. The molecule has 0 spiro atoms. The lowest BCUT2D eigenvalue weighted by molar-refractivity contribution is -0.115. The summed E-state index contributed by atoms with van der Waals surface area (Å²) in [6.45, 7) is 1.95. The van der Waals surface area contributed by atoms with Crippen molar-refractivity contribution in [2.75, 3.05) is 19.5 Å². The highest BCUT2D eigenvalue weighted by Crippen LogP contribution is 2.33. The number of aromatic nitrogens is 1. The average molecular weight is 412 g/mol. The number of carbonyl (C=O) groups is 1. The van der Waals surface area contributed by atoms with Gasteiger partial charge in [0.2, 0.25) is 5.91 Å². The van der Waals surface area contributed by atoms with Gasteiger partial charge in [-0.05, 0) is 55.9 Å². The molecule has 0 aliphatic heterocycles. The number of thioether (sulfide) groups is 1.